The minimum Gasteiger partial charge on any atom is -0.494 e. The van der Waals surface area contributed by atoms with Gasteiger partial charge >= 0.3 is 0 Å². The first-order valence-corrected chi connectivity index (χ1v) is 7.33. The topological polar surface area (TPSA) is 64.4 Å². The lowest BCUT2D eigenvalue weighted by Crippen LogP contribution is -2.13. The zero-order valence-corrected chi connectivity index (χ0v) is 13.0. The number of nitrogens with zero attached hydrogens (tertiary/aromatic N) is 1. The van der Waals surface area contributed by atoms with Crippen molar-refractivity contribution >= 4 is 17.3 Å². The predicted octanol–water partition coefficient (Wildman–Crippen LogP) is 3.94. The van der Waals surface area contributed by atoms with Crippen LogP contribution in [0.15, 0.2) is 42.5 Å². The van der Waals surface area contributed by atoms with Gasteiger partial charge in [0.1, 0.15) is 5.75 Å². The van der Waals surface area contributed by atoms with Crippen molar-refractivity contribution in [2.75, 3.05) is 6.61 Å². The van der Waals surface area contributed by atoms with Gasteiger partial charge in [0.2, 0.25) is 0 Å². The third kappa shape index (κ3) is 4.44. The molecule has 0 fully saturated rings. The van der Waals surface area contributed by atoms with Gasteiger partial charge in [-0.25, -0.2) is 0 Å². The van der Waals surface area contributed by atoms with E-state index in [-0.39, 0.29) is 5.69 Å². The number of hydrogen-bond acceptors (Lipinski definition) is 4. The van der Waals surface area contributed by atoms with Crippen LogP contribution < -0.4 is 10.1 Å². The summed E-state index contributed by atoms with van der Waals surface area (Å²) in [5.41, 5.74) is 1.93. The Balaban J connectivity index is 1.93. The maximum atomic E-state index is 10.7. The van der Waals surface area contributed by atoms with Crippen LogP contribution in [-0.2, 0) is 13.1 Å². The molecule has 0 unspecified atom stereocenters. The highest BCUT2D eigenvalue weighted by Gasteiger charge is 2.09. The first-order valence-electron chi connectivity index (χ1n) is 6.95. The van der Waals surface area contributed by atoms with Gasteiger partial charge in [-0.2, -0.15) is 0 Å². The smallest absolute Gasteiger partial charge is 0.270 e. The van der Waals surface area contributed by atoms with Gasteiger partial charge in [0.25, 0.3) is 5.69 Å². The van der Waals surface area contributed by atoms with Crippen molar-refractivity contribution < 1.29 is 9.66 Å². The van der Waals surface area contributed by atoms with E-state index in [1.807, 2.05) is 31.2 Å². The molecule has 0 radical (unpaired) electrons. The Morgan fingerprint density at radius 3 is 2.73 bits per heavy atom. The third-order valence-corrected chi connectivity index (χ3v) is 3.45. The molecule has 22 heavy (non-hydrogen) atoms. The second kappa shape index (κ2) is 7.77. The van der Waals surface area contributed by atoms with Crippen molar-refractivity contribution in [3.63, 3.8) is 0 Å². The van der Waals surface area contributed by atoms with Crippen LogP contribution in [0.3, 0.4) is 0 Å². The molecule has 0 aliphatic carbocycles. The van der Waals surface area contributed by atoms with Crippen LogP contribution >= 0.6 is 11.6 Å². The largest absolute Gasteiger partial charge is 0.494 e. The Morgan fingerprint density at radius 1 is 1.23 bits per heavy atom. The van der Waals surface area contributed by atoms with Crippen molar-refractivity contribution in [3.8, 4) is 5.75 Å². The summed E-state index contributed by atoms with van der Waals surface area (Å²) in [5, 5.41) is 14.3. The number of ether oxygens (including phenoxy) is 1. The van der Waals surface area contributed by atoms with Gasteiger partial charge in [-0.05, 0) is 36.2 Å². The second-order valence-corrected chi connectivity index (χ2v) is 5.12. The lowest BCUT2D eigenvalue weighted by atomic mass is 10.2. The average Bonchev–Trinajstić information content (AvgIpc) is 2.49. The molecule has 0 aliphatic heterocycles. The van der Waals surface area contributed by atoms with Gasteiger partial charge in [0, 0.05) is 25.2 Å². The molecule has 1 N–H and O–H groups in total. The maximum Gasteiger partial charge on any atom is 0.270 e. The van der Waals surface area contributed by atoms with Gasteiger partial charge in [-0.15, -0.1) is 0 Å². The zero-order valence-electron chi connectivity index (χ0n) is 12.2. The van der Waals surface area contributed by atoms with Crippen LogP contribution in [0.25, 0.3) is 0 Å². The highest BCUT2D eigenvalue weighted by atomic mass is 35.5. The standard InChI is InChI=1S/C16H17ClN2O3/c1-2-22-15-5-3-4-12(8-15)10-18-11-13-6-7-14(19(20)21)9-16(13)17/h3-9,18H,2,10-11H2,1H3. The number of nitro groups is 1. The number of nitrogens with one attached hydrogen (secondary N) is 1. The van der Waals surface area contributed by atoms with E-state index in [0.29, 0.717) is 24.7 Å². The summed E-state index contributed by atoms with van der Waals surface area (Å²) in [4.78, 5) is 10.2. The molecule has 0 aliphatic rings. The Bertz CT molecular complexity index is 662. The zero-order chi connectivity index (χ0) is 15.9. The van der Waals surface area contributed by atoms with E-state index in [2.05, 4.69) is 5.32 Å². The van der Waals surface area contributed by atoms with Crippen molar-refractivity contribution in [2.45, 2.75) is 20.0 Å². The lowest BCUT2D eigenvalue weighted by Gasteiger charge is -2.08. The molecule has 0 spiro atoms. The van der Waals surface area contributed by atoms with E-state index in [0.717, 1.165) is 16.9 Å². The van der Waals surface area contributed by atoms with E-state index in [4.69, 9.17) is 16.3 Å². The average molecular weight is 321 g/mol. The first kappa shape index (κ1) is 16.3. The molecule has 0 bridgehead atoms. The van der Waals surface area contributed by atoms with Gasteiger partial charge in [0.15, 0.2) is 0 Å². The van der Waals surface area contributed by atoms with Gasteiger partial charge in [-0.3, -0.25) is 10.1 Å². The summed E-state index contributed by atoms with van der Waals surface area (Å²) in [5.74, 6) is 0.843. The van der Waals surface area contributed by atoms with Crippen LogP contribution in [0.4, 0.5) is 5.69 Å². The van der Waals surface area contributed by atoms with Gasteiger partial charge in [-0.1, -0.05) is 23.7 Å². The van der Waals surface area contributed by atoms with E-state index in [9.17, 15) is 10.1 Å². The molecule has 5 nitrogen and oxygen atoms in total. The number of benzene rings is 2. The van der Waals surface area contributed by atoms with E-state index in [1.165, 1.54) is 12.1 Å². The third-order valence-electron chi connectivity index (χ3n) is 3.10. The van der Waals surface area contributed by atoms with Crippen LogP contribution in [0.2, 0.25) is 5.02 Å². The fraction of sp³-hybridized carbons (Fsp3) is 0.250. The van der Waals surface area contributed by atoms with Crippen LogP contribution in [0.5, 0.6) is 5.75 Å². The SMILES string of the molecule is CCOc1cccc(CNCc2ccc([N+](=O)[O-])cc2Cl)c1. The normalized spacial score (nSPS) is 10.5. The molecule has 0 amide bonds. The number of rotatable bonds is 7. The summed E-state index contributed by atoms with van der Waals surface area (Å²) in [6.07, 6.45) is 0. The number of non-ortho nitro benzene ring substituents is 1. The Kier molecular flexibility index (Phi) is 5.75. The summed E-state index contributed by atoms with van der Waals surface area (Å²) in [7, 11) is 0. The summed E-state index contributed by atoms with van der Waals surface area (Å²) < 4.78 is 5.45. The summed E-state index contributed by atoms with van der Waals surface area (Å²) >= 11 is 6.06. The molecule has 0 aromatic heterocycles. The lowest BCUT2D eigenvalue weighted by molar-refractivity contribution is -0.384. The first-order chi connectivity index (χ1) is 10.6. The van der Waals surface area contributed by atoms with Crippen molar-refractivity contribution in [2.24, 2.45) is 0 Å². The summed E-state index contributed by atoms with van der Waals surface area (Å²) in [6.45, 7) is 3.78. The molecule has 0 heterocycles. The quantitative estimate of drug-likeness (QED) is 0.620. The van der Waals surface area contributed by atoms with Gasteiger partial charge in [0.05, 0.1) is 16.6 Å². The molecule has 2 aromatic rings. The highest BCUT2D eigenvalue weighted by molar-refractivity contribution is 6.31. The fourth-order valence-corrected chi connectivity index (χ4v) is 2.29. The molecule has 2 rings (SSSR count). The van der Waals surface area contributed by atoms with Crippen molar-refractivity contribution in [3.05, 3.63) is 68.7 Å². The van der Waals surface area contributed by atoms with E-state index >= 15 is 0 Å². The van der Waals surface area contributed by atoms with Crippen LogP contribution in [-0.4, -0.2) is 11.5 Å². The number of nitro benzene ring substituents is 1. The Morgan fingerprint density at radius 2 is 2.05 bits per heavy atom. The highest BCUT2D eigenvalue weighted by Crippen LogP contribution is 2.22. The number of hydrogen-bond donors (Lipinski definition) is 1. The molecule has 0 saturated heterocycles. The molecule has 116 valence electrons. The Hall–Kier alpha value is -2.11. The molecular formula is C16H17ClN2O3. The molecule has 0 atom stereocenters. The molecule has 6 heteroatoms. The van der Waals surface area contributed by atoms with Crippen LogP contribution in [0.1, 0.15) is 18.1 Å². The summed E-state index contributed by atoms with van der Waals surface area (Å²) in [6, 6.07) is 12.3. The molecule has 0 saturated carbocycles. The minimum absolute atomic E-state index is 0.00170. The van der Waals surface area contributed by atoms with Crippen molar-refractivity contribution in [1.82, 2.24) is 5.32 Å². The van der Waals surface area contributed by atoms with Crippen LogP contribution in [0, 0.1) is 10.1 Å². The second-order valence-electron chi connectivity index (χ2n) is 4.72. The minimum atomic E-state index is -0.456. The maximum absolute atomic E-state index is 10.7. The van der Waals surface area contributed by atoms with E-state index < -0.39 is 4.92 Å². The Labute approximate surface area is 134 Å². The van der Waals surface area contributed by atoms with E-state index in [1.54, 1.807) is 6.07 Å². The monoisotopic (exact) mass is 320 g/mol. The van der Waals surface area contributed by atoms with Gasteiger partial charge < -0.3 is 10.1 Å². The molecular weight excluding hydrogens is 304 g/mol. The van der Waals surface area contributed by atoms with Crippen molar-refractivity contribution in [1.29, 1.82) is 0 Å². The predicted molar refractivity (Wildman–Crippen MR) is 86.3 cm³/mol. The fourth-order valence-electron chi connectivity index (χ4n) is 2.05. The molecule has 2 aromatic carbocycles. The number of halogens is 1.